The van der Waals surface area contributed by atoms with E-state index in [9.17, 15) is 9.59 Å². The van der Waals surface area contributed by atoms with Crippen LogP contribution >= 0.6 is 0 Å². The van der Waals surface area contributed by atoms with Gasteiger partial charge in [-0.05, 0) is 33.1 Å². The van der Waals surface area contributed by atoms with Crippen molar-refractivity contribution in [2.75, 3.05) is 20.6 Å². The van der Waals surface area contributed by atoms with Crippen LogP contribution in [0.4, 0.5) is 0 Å². The van der Waals surface area contributed by atoms with Crippen LogP contribution in [0.3, 0.4) is 0 Å². The first-order chi connectivity index (χ1) is 12.1. The summed E-state index contributed by atoms with van der Waals surface area (Å²) in [7, 11) is 3.97. The number of carboxylic acids is 2. The number of aromatic nitrogens is 1. The minimum Gasteiger partial charge on any atom is -0.473 e. The molecule has 9 nitrogen and oxygen atoms in total. The van der Waals surface area contributed by atoms with E-state index in [4.69, 9.17) is 25.5 Å². The molecule has 0 spiro atoms. The molecule has 0 fully saturated rings. The monoisotopic (exact) mass is 363 g/mol. The molecule has 1 aromatic heterocycles. The molecular weight excluding hydrogens is 342 g/mol. The Hall–Kier alpha value is -3.20. The fourth-order valence-electron chi connectivity index (χ4n) is 2.26. The van der Waals surface area contributed by atoms with Crippen molar-refractivity contribution in [3.8, 4) is 0 Å². The van der Waals surface area contributed by atoms with Crippen LogP contribution in [0.5, 0.6) is 0 Å². The highest BCUT2D eigenvalue weighted by atomic mass is 16.4. The average molecular weight is 363 g/mol. The first kappa shape index (κ1) is 20.8. The van der Waals surface area contributed by atoms with E-state index in [1.165, 1.54) is 0 Å². The Morgan fingerprint density at radius 3 is 2.08 bits per heavy atom. The minimum atomic E-state index is -1.82. The van der Waals surface area contributed by atoms with Gasteiger partial charge in [0.25, 0.3) is 11.5 Å². The lowest BCUT2D eigenvalue weighted by Gasteiger charge is -2.12. The predicted octanol–water partition coefficient (Wildman–Crippen LogP) is 0.208. The van der Waals surface area contributed by atoms with Crippen LogP contribution < -0.4 is 11.3 Å². The van der Waals surface area contributed by atoms with Crippen LogP contribution in [0.25, 0.3) is 10.8 Å². The first-order valence-electron chi connectivity index (χ1n) is 7.68. The molecule has 0 saturated carbocycles. The average Bonchev–Trinajstić information content (AvgIpc) is 2.57. The van der Waals surface area contributed by atoms with Gasteiger partial charge in [0.1, 0.15) is 0 Å². The summed E-state index contributed by atoms with van der Waals surface area (Å²) in [5.41, 5.74) is 5.73. The molecule has 0 atom stereocenters. The van der Waals surface area contributed by atoms with Gasteiger partial charge in [0.15, 0.2) is 0 Å². The van der Waals surface area contributed by atoms with E-state index < -0.39 is 17.8 Å². The molecule has 0 aliphatic heterocycles. The van der Waals surface area contributed by atoms with Crippen molar-refractivity contribution in [2.45, 2.75) is 13.0 Å². The number of aryl methyl sites for hydroxylation is 1. The summed E-state index contributed by atoms with van der Waals surface area (Å²) in [4.78, 5) is 44.2. The van der Waals surface area contributed by atoms with Gasteiger partial charge in [-0.25, -0.2) is 9.59 Å². The molecule has 2 rings (SSSR count). The number of aliphatic carboxylic acids is 2. The van der Waals surface area contributed by atoms with E-state index in [1.54, 1.807) is 35.0 Å². The number of pyridine rings is 1. The maximum Gasteiger partial charge on any atom is 0.414 e. The van der Waals surface area contributed by atoms with E-state index >= 15 is 0 Å². The van der Waals surface area contributed by atoms with Crippen molar-refractivity contribution >= 4 is 28.6 Å². The lowest BCUT2D eigenvalue weighted by Crippen LogP contribution is -2.25. The molecule has 2 aromatic rings. The molecule has 26 heavy (non-hydrogen) atoms. The SMILES string of the molecule is CN(C)CCCn1cc(C(N)=O)c2ccccc2c1=O.O=C(O)C(=O)O. The molecule has 0 bridgehead atoms. The minimum absolute atomic E-state index is 0.0793. The number of carbonyl (C=O) groups excluding carboxylic acids is 1. The smallest absolute Gasteiger partial charge is 0.414 e. The number of nitrogens with zero attached hydrogens (tertiary/aromatic N) is 2. The first-order valence-corrected chi connectivity index (χ1v) is 7.68. The van der Waals surface area contributed by atoms with Gasteiger partial charge < -0.3 is 25.4 Å². The van der Waals surface area contributed by atoms with Crippen molar-refractivity contribution in [1.29, 1.82) is 0 Å². The molecule has 0 aliphatic rings. The Bertz CT molecular complexity index is 860. The van der Waals surface area contributed by atoms with Crippen molar-refractivity contribution in [3.63, 3.8) is 0 Å². The second-order valence-electron chi connectivity index (χ2n) is 5.72. The molecular formula is C17H21N3O6. The zero-order valence-electron chi connectivity index (χ0n) is 14.5. The van der Waals surface area contributed by atoms with E-state index in [0.717, 1.165) is 13.0 Å². The molecule has 0 aliphatic carbocycles. The van der Waals surface area contributed by atoms with E-state index in [1.807, 2.05) is 14.1 Å². The molecule has 1 aromatic carbocycles. The molecule has 9 heteroatoms. The van der Waals surface area contributed by atoms with Crippen LogP contribution in [-0.4, -0.2) is 58.2 Å². The van der Waals surface area contributed by atoms with Gasteiger partial charge in [0.2, 0.25) is 0 Å². The second kappa shape index (κ2) is 9.33. The summed E-state index contributed by atoms with van der Waals surface area (Å²) in [6.07, 6.45) is 2.41. The normalized spacial score (nSPS) is 10.3. The van der Waals surface area contributed by atoms with Crippen LogP contribution in [0, 0.1) is 0 Å². The Labute approximate surface area is 149 Å². The number of rotatable bonds is 5. The number of carbonyl (C=O) groups is 3. The highest BCUT2D eigenvalue weighted by Gasteiger charge is 2.11. The summed E-state index contributed by atoms with van der Waals surface area (Å²) in [6, 6.07) is 7.07. The molecule has 1 heterocycles. The lowest BCUT2D eigenvalue weighted by molar-refractivity contribution is -0.159. The Morgan fingerprint density at radius 2 is 1.62 bits per heavy atom. The Kier molecular flexibility index (Phi) is 7.48. The standard InChI is InChI=1S/C15H19N3O2.C2H2O4/c1-17(2)8-5-9-18-10-13(14(16)19)11-6-3-4-7-12(11)15(18)20;3-1(4)2(5)6/h3-4,6-7,10H,5,8-9H2,1-2H3,(H2,16,19);(H,3,4)(H,5,6). The largest absolute Gasteiger partial charge is 0.473 e. The fraction of sp³-hybridized carbons (Fsp3) is 0.294. The van der Waals surface area contributed by atoms with Crippen molar-refractivity contribution in [1.82, 2.24) is 9.47 Å². The third kappa shape index (κ3) is 5.71. The summed E-state index contributed by atoms with van der Waals surface area (Å²) < 4.78 is 1.58. The van der Waals surface area contributed by atoms with Crippen LogP contribution in [0.1, 0.15) is 16.8 Å². The summed E-state index contributed by atoms with van der Waals surface area (Å²) in [5, 5.41) is 15.9. The van der Waals surface area contributed by atoms with Crippen LogP contribution in [0.2, 0.25) is 0 Å². The third-order valence-electron chi connectivity index (χ3n) is 3.45. The zero-order chi connectivity index (χ0) is 19.9. The third-order valence-corrected chi connectivity index (χ3v) is 3.45. The summed E-state index contributed by atoms with van der Waals surface area (Å²) >= 11 is 0. The lowest BCUT2D eigenvalue weighted by atomic mass is 10.1. The zero-order valence-corrected chi connectivity index (χ0v) is 14.5. The Balaban J connectivity index is 0.000000487. The van der Waals surface area contributed by atoms with Crippen LogP contribution in [0.15, 0.2) is 35.3 Å². The fourth-order valence-corrected chi connectivity index (χ4v) is 2.26. The van der Waals surface area contributed by atoms with Crippen molar-refractivity contribution in [3.05, 3.63) is 46.4 Å². The van der Waals surface area contributed by atoms with E-state index in [2.05, 4.69) is 4.90 Å². The molecule has 0 saturated heterocycles. The summed E-state index contributed by atoms with van der Waals surface area (Å²) in [5.74, 6) is -4.16. The number of hydrogen-bond acceptors (Lipinski definition) is 5. The Morgan fingerprint density at radius 1 is 1.08 bits per heavy atom. The highest BCUT2D eigenvalue weighted by molar-refractivity contribution is 6.27. The van der Waals surface area contributed by atoms with Gasteiger partial charge in [-0.2, -0.15) is 0 Å². The van der Waals surface area contributed by atoms with Gasteiger partial charge in [0, 0.05) is 23.5 Å². The quantitative estimate of drug-likeness (QED) is 0.644. The van der Waals surface area contributed by atoms with E-state index in [-0.39, 0.29) is 5.56 Å². The topological polar surface area (TPSA) is 143 Å². The molecule has 1 amide bonds. The number of fused-ring (bicyclic) bond motifs is 1. The predicted molar refractivity (Wildman–Crippen MR) is 95.2 cm³/mol. The van der Waals surface area contributed by atoms with Gasteiger partial charge in [-0.1, -0.05) is 18.2 Å². The maximum atomic E-state index is 12.4. The molecule has 0 radical (unpaired) electrons. The van der Waals surface area contributed by atoms with Crippen LogP contribution in [-0.2, 0) is 16.1 Å². The number of amides is 1. The number of hydrogen-bond donors (Lipinski definition) is 3. The number of benzene rings is 1. The number of nitrogens with two attached hydrogens (primary N) is 1. The van der Waals surface area contributed by atoms with E-state index in [0.29, 0.717) is 22.9 Å². The van der Waals surface area contributed by atoms with Crippen molar-refractivity contribution in [2.24, 2.45) is 5.73 Å². The second-order valence-corrected chi connectivity index (χ2v) is 5.72. The maximum absolute atomic E-state index is 12.4. The molecule has 4 N–H and O–H groups in total. The molecule has 140 valence electrons. The number of carboxylic acid groups (broad SMARTS) is 2. The highest BCUT2D eigenvalue weighted by Crippen LogP contribution is 2.14. The van der Waals surface area contributed by atoms with Crippen molar-refractivity contribution < 1.29 is 24.6 Å². The summed E-state index contributed by atoms with van der Waals surface area (Å²) in [6.45, 7) is 1.45. The van der Waals surface area contributed by atoms with Gasteiger partial charge in [-0.15, -0.1) is 0 Å². The van der Waals surface area contributed by atoms with Gasteiger partial charge in [0.05, 0.1) is 5.56 Å². The molecule has 0 unspecified atom stereocenters. The number of primary amides is 1. The van der Waals surface area contributed by atoms with Gasteiger partial charge in [-0.3, -0.25) is 9.59 Å². The van der Waals surface area contributed by atoms with Gasteiger partial charge >= 0.3 is 11.9 Å².